The number of benzene rings is 1. The van der Waals surface area contributed by atoms with Crippen molar-refractivity contribution >= 4 is 17.4 Å². The number of carbonyl (C=O) groups is 1. The van der Waals surface area contributed by atoms with Crippen LogP contribution < -0.4 is 10.8 Å². The SMILES string of the molecule is Cc1cnc(Nc2c(C(=O)NOC[C@H](O)CO)cc(F)c(F)c2F)c(C)c1. The topological polar surface area (TPSA) is 104 Å². The molecule has 0 aliphatic heterocycles. The lowest BCUT2D eigenvalue weighted by Crippen LogP contribution is -2.30. The largest absolute Gasteiger partial charge is 0.394 e. The third-order valence-electron chi connectivity index (χ3n) is 3.52. The number of carbonyl (C=O) groups excluding carboxylic acids is 1. The van der Waals surface area contributed by atoms with Crippen LogP contribution >= 0.6 is 0 Å². The minimum absolute atomic E-state index is 0.149. The maximum absolute atomic E-state index is 14.3. The molecule has 0 radical (unpaired) electrons. The lowest BCUT2D eigenvalue weighted by molar-refractivity contribution is -0.0295. The Morgan fingerprint density at radius 3 is 2.59 bits per heavy atom. The van der Waals surface area contributed by atoms with Gasteiger partial charge in [-0.2, -0.15) is 0 Å². The fourth-order valence-corrected chi connectivity index (χ4v) is 2.17. The van der Waals surface area contributed by atoms with E-state index in [1.54, 1.807) is 19.9 Å². The number of anilines is 2. The first kappa shape index (κ1) is 20.6. The third-order valence-corrected chi connectivity index (χ3v) is 3.52. The van der Waals surface area contributed by atoms with Crippen molar-refractivity contribution in [2.24, 2.45) is 0 Å². The number of amides is 1. The average Bonchev–Trinajstić information content (AvgIpc) is 2.63. The monoisotopic (exact) mass is 385 g/mol. The van der Waals surface area contributed by atoms with Crippen LogP contribution in [-0.2, 0) is 4.84 Å². The molecular formula is C17H18F3N3O4. The molecule has 1 atom stereocenters. The maximum atomic E-state index is 14.3. The molecule has 0 aliphatic carbocycles. The summed E-state index contributed by atoms with van der Waals surface area (Å²) in [7, 11) is 0. The van der Waals surface area contributed by atoms with Gasteiger partial charge in [-0.15, -0.1) is 0 Å². The first-order chi connectivity index (χ1) is 12.7. The van der Waals surface area contributed by atoms with Crippen molar-refractivity contribution in [1.29, 1.82) is 0 Å². The summed E-state index contributed by atoms with van der Waals surface area (Å²) in [5.74, 6) is -5.86. The summed E-state index contributed by atoms with van der Waals surface area (Å²) < 4.78 is 41.6. The summed E-state index contributed by atoms with van der Waals surface area (Å²) in [4.78, 5) is 20.9. The molecule has 27 heavy (non-hydrogen) atoms. The summed E-state index contributed by atoms with van der Waals surface area (Å²) in [6.07, 6.45) is 0.218. The van der Waals surface area contributed by atoms with E-state index in [2.05, 4.69) is 15.1 Å². The highest BCUT2D eigenvalue weighted by Crippen LogP contribution is 2.29. The Balaban J connectivity index is 2.34. The summed E-state index contributed by atoms with van der Waals surface area (Å²) >= 11 is 0. The van der Waals surface area contributed by atoms with Crippen LogP contribution in [0.15, 0.2) is 18.3 Å². The lowest BCUT2D eigenvalue weighted by atomic mass is 10.1. The summed E-state index contributed by atoms with van der Waals surface area (Å²) in [6.45, 7) is 2.38. The van der Waals surface area contributed by atoms with Crippen molar-refractivity contribution in [2.75, 3.05) is 18.5 Å². The van der Waals surface area contributed by atoms with E-state index in [0.717, 1.165) is 5.56 Å². The molecule has 1 aromatic heterocycles. The number of pyridine rings is 1. The van der Waals surface area contributed by atoms with Crippen LogP contribution in [0.25, 0.3) is 0 Å². The first-order valence-electron chi connectivity index (χ1n) is 7.83. The normalized spacial score (nSPS) is 12.0. The van der Waals surface area contributed by atoms with Gasteiger partial charge >= 0.3 is 0 Å². The molecule has 0 spiro atoms. The number of aliphatic hydroxyl groups excluding tert-OH is 2. The maximum Gasteiger partial charge on any atom is 0.277 e. The van der Waals surface area contributed by atoms with Gasteiger partial charge in [0, 0.05) is 6.20 Å². The van der Waals surface area contributed by atoms with Crippen molar-refractivity contribution in [1.82, 2.24) is 10.5 Å². The van der Waals surface area contributed by atoms with Gasteiger partial charge in [-0.05, 0) is 31.0 Å². The Morgan fingerprint density at radius 2 is 1.96 bits per heavy atom. The lowest BCUT2D eigenvalue weighted by Gasteiger charge is -2.15. The predicted octanol–water partition coefficient (Wildman–Crippen LogP) is 1.87. The molecule has 0 bridgehead atoms. The van der Waals surface area contributed by atoms with E-state index in [4.69, 9.17) is 10.2 Å². The van der Waals surface area contributed by atoms with Crippen LogP contribution in [0.1, 0.15) is 21.5 Å². The van der Waals surface area contributed by atoms with Gasteiger partial charge in [0.2, 0.25) is 0 Å². The summed E-state index contributed by atoms with van der Waals surface area (Å²) in [6, 6.07) is 2.23. The second-order valence-corrected chi connectivity index (χ2v) is 5.79. The molecule has 0 fully saturated rings. The molecule has 1 aromatic carbocycles. The molecule has 2 rings (SSSR count). The minimum Gasteiger partial charge on any atom is -0.394 e. The Kier molecular flexibility index (Phi) is 6.72. The molecule has 1 amide bonds. The van der Waals surface area contributed by atoms with E-state index < -0.39 is 53.9 Å². The van der Waals surface area contributed by atoms with E-state index in [0.29, 0.717) is 11.6 Å². The van der Waals surface area contributed by atoms with Gasteiger partial charge in [-0.1, -0.05) is 6.07 Å². The van der Waals surface area contributed by atoms with E-state index in [-0.39, 0.29) is 5.82 Å². The molecule has 7 nitrogen and oxygen atoms in total. The predicted molar refractivity (Wildman–Crippen MR) is 89.8 cm³/mol. The third kappa shape index (κ3) is 4.94. The number of aliphatic hydroxyl groups is 2. The van der Waals surface area contributed by atoms with Crippen LogP contribution in [0.5, 0.6) is 0 Å². The van der Waals surface area contributed by atoms with E-state index in [9.17, 15) is 18.0 Å². The molecule has 4 N–H and O–H groups in total. The number of hydroxylamine groups is 1. The Morgan fingerprint density at radius 1 is 1.26 bits per heavy atom. The Hall–Kier alpha value is -2.69. The highest BCUT2D eigenvalue weighted by atomic mass is 19.2. The number of nitrogens with zero attached hydrogens (tertiary/aromatic N) is 1. The van der Waals surface area contributed by atoms with Crippen LogP contribution in [-0.4, -0.2) is 40.4 Å². The first-order valence-corrected chi connectivity index (χ1v) is 7.83. The van der Waals surface area contributed by atoms with Crippen LogP contribution in [0.4, 0.5) is 24.7 Å². The van der Waals surface area contributed by atoms with Crippen molar-refractivity contribution in [3.05, 3.63) is 52.5 Å². The number of aryl methyl sites for hydroxylation is 2. The molecule has 146 valence electrons. The molecule has 2 aromatic rings. The fourth-order valence-electron chi connectivity index (χ4n) is 2.17. The quantitative estimate of drug-likeness (QED) is 0.429. The standard InChI is InChI=1S/C17H18F3N3O4/c1-8-3-9(2)16(21-5-8)22-15-11(4-12(18)13(19)14(15)20)17(26)23-27-7-10(25)6-24/h3-5,10,24-25H,6-7H2,1-2H3,(H,21,22)(H,23,26)/t10-/m1/s1. The summed E-state index contributed by atoms with van der Waals surface area (Å²) in [5.41, 5.74) is 2.08. The van der Waals surface area contributed by atoms with E-state index in [1.165, 1.54) is 6.20 Å². The number of aromatic nitrogens is 1. The van der Waals surface area contributed by atoms with Gasteiger partial charge in [0.05, 0.1) is 17.9 Å². The van der Waals surface area contributed by atoms with Gasteiger partial charge in [-0.3, -0.25) is 9.63 Å². The smallest absolute Gasteiger partial charge is 0.277 e. The zero-order valence-electron chi connectivity index (χ0n) is 14.5. The van der Waals surface area contributed by atoms with Crippen molar-refractivity contribution < 1.29 is 33.0 Å². The minimum atomic E-state index is -1.75. The van der Waals surface area contributed by atoms with Gasteiger partial charge in [0.15, 0.2) is 17.5 Å². The van der Waals surface area contributed by atoms with Gasteiger partial charge in [0.1, 0.15) is 18.5 Å². The molecule has 0 saturated carbocycles. The fraction of sp³-hybridized carbons (Fsp3) is 0.294. The molecule has 0 unspecified atom stereocenters. The van der Waals surface area contributed by atoms with E-state index >= 15 is 0 Å². The van der Waals surface area contributed by atoms with Gasteiger partial charge < -0.3 is 15.5 Å². The number of hydrogen-bond acceptors (Lipinski definition) is 6. The number of nitrogens with one attached hydrogen (secondary N) is 2. The van der Waals surface area contributed by atoms with Crippen LogP contribution in [0.3, 0.4) is 0 Å². The highest BCUT2D eigenvalue weighted by molar-refractivity contribution is 6.00. The molecule has 1 heterocycles. The molecule has 10 heteroatoms. The zero-order valence-corrected chi connectivity index (χ0v) is 14.5. The van der Waals surface area contributed by atoms with Crippen molar-refractivity contribution in [2.45, 2.75) is 20.0 Å². The number of halogens is 3. The zero-order chi connectivity index (χ0) is 20.1. The van der Waals surface area contributed by atoms with Gasteiger partial charge in [-0.25, -0.2) is 23.6 Å². The summed E-state index contributed by atoms with van der Waals surface area (Å²) in [5, 5.41) is 20.3. The van der Waals surface area contributed by atoms with E-state index in [1.807, 2.05) is 5.48 Å². The molecule has 0 saturated heterocycles. The molecular weight excluding hydrogens is 367 g/mol. The van der Waals surface area contributed by atoms with Crippen LogP contribution in [0, 0.1) is 31.3 Å². The Labute approximate surface area is 152 Å². The second kappa shape index (κ2) is 8.80. The average molecular weight is 385 g/mol. The van der Waals surface area contributed by atoms with Gasteiger partial charge in [0.25, 0.3) is 5.91 Å². The Bertz CT molecular complexity index is 849. The van der Waals surface area contributed by atoms with Crippen molar-refractivity contribution in [3.63, 3.8) is 0 Å². The number of hydrogen-bond donors (Lipinski definition) is 4. The molecule has 0 aliphatic rings. The van der Waals surface area contributed by atoms with Crippen molar-refractivity contribution in [3.8, 4) is 0 Å². The van der Waals surface area contributed by atoms with Crippen LogP contribution in [0.2, 0.25) is 0 Å². The number of rotatable bonds is 7. The second-order valence-electron chi connectivity index (χ2n) is 5.79. The highest BCUT2D eigenvalue weighted by Gasteiger charge is 2.24.